The van der Waals surface area contributed by atoms with E-state index in [1.54, 1.807) is 42.0 Å². The lowest BCUT2D eigenvalue weighted by Crippen LogP contribution is -2.36. The van der Waals surface area contributed by atoms with E-state index in [9.17, 15) is 9.59 Å². The molecule has 1 aromatic rings. The first kappa shape index (κ1) is 16.1. The first-order valence-electron chi connectivity index (χ1n) is 7.33. The second-order valence-electron chi connectivity index (χ2n) is 5.22. The normalized spacial score (nSPS) is 15.2. The van der Waals surface area contributed by atoms with Crippen LogP contribution in [0.3, 0.4) is 0 Å². The summed E-state index contributed by atoms with van der Waals surface area (Å²) in [6.07, 6.45) is 0.782. The van der Waals surface area contributed by atoms with Crippen molar-refractivity contribution >= 4 is 11.8 Å². The summed E-state index contributed by atoms with van der Waals surface area (Å²) in [5.74, 6) is 1.12. The second-order valence-corrected chi connectivity index (χ2v) is 5.22. The molecule has 6 heteroatoms. The third kappa shape index (κ3) is 3.50. The third-order valence-corrected chi connectivity index (χ3v) is 3.87. The molecule has 0 saturated carbocycles. The van der Waals surface area contributed by atoms with E-state index >= 15 is 0 Å². The van der Waals surface area contributed by atoms with Gasteiger partial charge < -0.3 is 19.3 Å². The van der Waals surface area contributed by atoms with Gasteiger partial charge in [-0.2, -0.15) is 0 Å². The van der Waals surface area contributed by atoms with Crippen LogP contribution >= 0.6 is 0 Å². The lowest BCUT2D eigenvalue weighted by atomic mass is 10.1. The molecule has 0 spiro atoms. The van der Waals surface area contributed by atoms with Crippen molar-refractivity contribution in [2.24, 2.45) is 0 Å². The van der Waals surface area contributed by atoms with Crippen molar-refractivity contribution in [2.75, 3.05) is 40.4 Å². The van der Waals surface area contributed by atoms with Gasteiger partial charge in [0.05, 0.1) is 19.8 Å². The Balaban J connectivity index is 2.16. The molecule has 0 unspecified atom stereocenters. The first-order chi connectivity index (χ1) is 10.6. The minimum atomic E-state index is -0.0788. The summed E-state index contributed by atoms with van der Waals surface area (Å²) in [6, 6.07) is 5.16. The number of amides is 2. The largest absolute Gasteiger partial charge is 0.497 e. The average Bonchev–Trinajstić information content (AvgIpc) is 2.79. The second kappa shape index (κ2) is 7.15. The van der Waals surface area contributed by atoms with E-state index in [1.807, 2.05) is 0 Å². The summed E-state index contributed by atoms with van der Waals surface area (Å²) < 4.78 is 10.4. The lowest BCUT2D eigenvalue weighted by Gasteiger charge is -2.22. The van der Waals surface area contributed by atoms with Gasteiger partial charge in [0.2, 0.25) is 5.91 Å². The summed E-state index contributed by atoms with van der Waals surface area (Å²) in [5.41, 5.74) is 0.513. The summed E-state index contributed by atoms with van der Waals surface area (Å²) in [7, 11) is 3.10. The van der Waals surface area contributed by atoms with E-state index in [2.05, 4.69) is 0 Å². The van der Waals surface area contributed by atoms with Crippen molar-refractivity contribution in [2.45, 2.75) is 13.3 Å². The Morgan fingerprint density at radius 2 is 1.68 bits per heavy atom. The van der Waals surface area contributed by atoms with Gasteiger partial charge in [-0.05, 0) is 18.6 Å². The number of ether oxygens (including phenoxy) is 2. The molecule has 6 nitrogen and oxygen atoms in total. The minimum Gasteiger partial charge on any atom is -0.497 e. The van der Waals surface area contributed by atoms with Gasteiger partial charge in [-0.3, -0.25) is 9.59 Å². The molecule has 120 valence electrons. The number of rotatable bonds is 3. The fourth-order valence-electron chi connectivity index (χ4n) is 2.58. The molecule has 1 fully saturated rings. The number of hydrogen-bond acceptors (Lipinski definition) is 4. The molecule has 0 atom stereocenters. The van der Waals surface area contributed by atoms with Crippen LogP contribution in [0.5, 0.6) is 11.5 Å². The van der Waals surface area contributed by atoms with E-state index in [0.29, 0.717) is 43.2 Å². The van der Waals surface area contributed by atoms with Gasteiger partial charge >= 0.3 is 0 Å². The Morgan fingerprint density at radius 3 is 2.32 bits per heavy atom. The number of carbonyl (C=O) groups excluding carboxylic acids is 2. The van der Waals surface area contributed by atoms with Crippen LogP contribution in [0.4, 0.5) is 0 Å². The van der Waals surface area contributed by atoms with Gasteiger partial charge in [0, 0.05) is 39.2 Å². The van der Waals surface area contributed by atoms with Crippen LogP contribution in [-0.2, 0) is 4.79 Å². The Bertz CT molecular complexity index is 559. The molecule has 2 amide bonds. The van der Waals surface area contributed by atoms with Gasteiger partial charge in [-0.25, -0.2) is 0 Å². The van der Waals surface area contributed by atoms with E-state index in [1.165, 1.54) is 7.11 Å². The van der Waals surface area contributed by atoms with Crippen LogP contribution in [0.25, 0.3) is 0 Å². The van der Waals surface area contributed by atoms with Gasteiger partial charge in [-0.1, -0.05) is 0 Å². The quantitative estimate of drug-likeness (QED) is 0.847. The molecular formula is C16H22N2O4. The molecule has 1 aliphatic rings. The average molecular weight is 306 g/mol. The molecule has 1 saturated heterocycles. The fraction of sp³-hybridized carbons (Fsp3) is 0.500. The smallest absolute Gasteiger partial charge is 0.257 e. The zero-order valence-corrected chi connectivity index (χ0v) is 13.3. The molecule has 0 bridgehead atoms. The van der Waals surface area contributed by atoms with Crippen LogP contribution in [0.15, 0.2) is 18.2 Å². The predicted octanol–water partition coefficient (Wildman–Crippen LogP) is 1.40. The molecule has 0 N–H and O–H groups in total. The summed E-state index contributed by atoms with van der Waals surface area (Å²) in [6.45, 7) is 3.99. The minimum absolute atomic E-state index is 0.0522. The molecule has 0 aromatic heterocycles. The highest BCUT2D eigenvalue weighted by Crippen LogP contribution is 2.26. The molecule has 0 aliphatic carbocycles. The standard InChI is InChI=1S/C16H22N2O4/c1-12(19)17-7-4-8-18(10-9-17)16(20)14-6-5-13(21-2)11-15(14)22-3/h5-6,11H,4,7-10H2,1-3H3. The van der Waals surface area contributed by atoms with Gasteiger partial charge in [-0.15, -0.1) is 0 Å². The van der Waals surface area contributed by atoms with Crippen LogP contribution in [0, 0.1) is 0 Å². The lowest BCUT2D eigenvalue weighted by molar-refractivity contribution is -0.128. The molecular weight excluding hydrogens is 284 g/mol. The Labute approximate surface area is 130 Å². The topological polar surface area (TPSA) is 59.1 Å². The predicted molar refractivity (Wildman–Crippen MR) is 82.3 cm³/mol. The first-order valence-corrected chi connectivity index (χ1v) is 7.33. The van der Waals surface area contributed by atoms with E-state index in [0.717, 1.165) is 6.42 Å². The molecule has 0 radical (unpaired) electrons. The highest BCUT2D eigenvalue weighted by atomic mass is 16.5. The summed E-state index contributed by atoms with van der Waals surface area (Å²) in [5, 5.41) is 0. The maximum Gasteiger partial charge on any atom is 0.257 e. The van der Waals surface area contributed by atoms with Crippen molar-refractivity contribution in [1.82, 2.24) is 9.80 Å². The zero-order chi connectivity index (χ0) is 16.1. The Kier molecular flexibility index (Phi) is 5.25. The van der Waals surface area contributed by atoms with Crippen molar-refractivity contribution in [1.29, 1.82) is 0 Å². The SMILES string of the molecule is COc1ccc(C(=O)N2CCCN(C(C)=O)CC2)c(OC)c1. The molecule has 1 aromatic carbocycles. The van der Waals surface area contributed by atoms with Crippen LogP contribution in [-0.4, -0.2) is 62.0 Å². The fourth-order valence-corrected chi connectivity index (χ4v) is 2.58. The maximum absolute atomic E-state index is 12.7. The van der Waals surface area contributed by atoms with E-state index in [-0.39, 0.29) is 11.8 Å². The summed E-state index contributed by atoms with van der Waals surface area (Å²) in [4.78, 5) is 27.7. The molecule has 1 aliphatic heterocycles. The van der Waals surface area contributed by atoms with Gasteiger partial charge in [0.1, 0.15) is 11.5 Å². The summed E-state index contributed by atoms with van der Waals surface area (Å²) >= 11 is 0. The van der Waals surface area contributed by atoms with E-state index in [4.69, 9.17) is 9.47 Å². The third-order valence-electron chi connectivity index (χ3n) is 3.87. The monoisotopic (exact) mass is 306 g/mol. The molecule has 2 rings (SSSR count). The highest BCUT2D eigenvalue weighted by molar-refractivity contribution is 5.97. The number of benzene rings is 1. The van der Waals surface area contributed by atoms with E-state index < -0.39 is 0 Å². The zero-order valence-electron chi connectivity index (χ0n) is 13.3. The van der Waals surface area contributed by atoms with Crippen molar-refractivity contribution < 1.29 is 19.1 Å². The van der Waals surface area contributed by atoms with Crippen molar-refractivity contribution in [3.8, 4) is 11.5 Å². The number of nitrogens with zero attached hydrogens (tertiary/aromatic N) is 2. The molecule has 22 heavy (non-hydrogen) atoms. The Morgan fingerprint density at radius 1 is 1.00 bits per heavy atom. The number of carbonyl (C=O) groups is 2. The number of methoxy groups -OCH3 is 2. The van der Waals surface area contributed by atoms with Gasteiger partial charge in [0.15, 0.2) is 0 Å². The van der Waals surface area contributed by atoms with Gasteiger partial charge in [0.25, 0.3) is 5.91 Å². The van der Waals surface area contributed by atoms with Crippen molar-refractivity contribution in [3.05, 3.63) is 23.8 Å². The van der Waals surface area contributed by atoms with Crippen LogP contribution < -0.4 is 9.47 Å². The van der Waals surface area contributed by atoms with Crippen LogP contribution in [0.1, 0.15) is 23.7 Å². The van der Waals surface area contributed by atoms with Crippen molar-refractivity contribution in [3.63, 3.8) is 0 Å². The molecule has 1 heterocycles. The highest BCUT2D eigenvalue weighted by Gasteiger charge is 2.23. The maximum atomic E-state index is 12.7. The Hall–Kier alpha value is -2.24. The number of hydrogen-bond donors (Lipinski definition) is 0. The van der Waals surface area contributed by atoms with Crippen LogP contribution in [0.2, 0.25) is 0 Å².